The minimum absolute atomic E-state index is 0.368. The van der Waals surface area contributed by atoms with E-state index in [0.717, 1.165) is 13.0 Å². The number of nitrogens with one attached hydrogen (secondary N) is 1. The molecule has 0 aliphatic rings. The molecule has 2 heterocycles. The summed E-state index contributed by atoms with van der Waals surface area (Å²) in [5, 5.41) is 7.83. The van der Waals surface area contributed by atoms with Crippen molar-refractivity contribution < 1.29 is 0 Å². The van der Waals surface area contributed by atoms with Crippen molar-refractivity contribution in [3.63, 3.8) is 0 Å². The highest BCUT2D eigenvalue weighted by molar-refractivity contribution is 7.07. The van der Waals surface area contributed by atoms with Gasteiger partial charge in [0.25, 0.3) is 0 Å². The Bertz CT molecular complexity index is 397. The number of nitrogens with zero attached hydrogens (tertiary/aromatic N) is 1. The molecule has 0 amide bonds. The largest absolute Gasteiger partial charge is 0.310 e. The first-order valence-corrected chi connectivity index (χ1v) is 6.45. The Kier molecular flexibility index (Phi) is 4.08. The summed E-state index contributed by atoms with van der Waals surface area (Å²) in [6, 6.07) is 6.63. The molecule has 84 valence electrons. The Morgan fingerprint density at radius 2 is 2.38 bits per heavy atom. The van der Waals surface area contributed by atoms with Crippen LogP contribution in [0.2, 0.25) is 0 Å². The van der Waals surface area contributed by atoms with Gasteiger partial charge in [-0.15, -0.1) is 0 Å². The van der Waals surface area contributed by atoms with Crippen LogP contribution in [0.1, 0.15) is 24.1 Å². The van der Waals surface area contributed by atoms with Crippen molar-refractivity contribution in [2.24, 2.45) is 0 Å². The van der Waals surface area contributed by atoms with Crippen molar-refractivity contribution in [3.05, 3.63) is 52.5 Å². The number of hydrogen-bond donors (Lipinski definition) is 1. The molecular weight excluding hydrogens is 216 g/mol. The zero-order valence-corrected chi connectivity index (χ0v) is 10.2. The molecule has 2 rings (SSSR count). The number of rotatable bonds is 5. The molecule has 0 aromatic carbocycles. The molecule has 1 N–H and O–H groups in total. The van der Waals surface area contributed by atoms with E-state index in [4.69, 9.17) is 0 Å². The van der Waals surface area contributed by atoms with Crippen LogP contribution in [0.5, 0.6) is 0 Å². The third kappa shape index (κ3) is 3.15. The fraction of sp³-hybridized carbons (Fsp3) is 0.308. The van der Waals surface area contributed by atoms with Crippen molar-refractivity contribution in [3.8, 4) is 0 Å². The standard InChI is InChI=1S/C13H16N2S/c1-11(13-3-2-6-14-9-13)15-7-4-12-5-8-16-10-12/h2-3,5-6,8-11,15H,4,7H2,1H3. The first-order valence-electron chi connectivity index (χ1n) is 5.50. The van der Waals surface area contributed by atoms with Gasteiger partial charge in [-0.2, -0.15) is 11.3 Å². The van der Waals surface area contributed by atoms with Crippen LogP contribution < -0.4 is 5.32 Å². The average Bonchev–Trinajstić information content (AvgIpc) is 2.83. The van der Waals surface area contributed by atoms with Gasteiger partial charge in [0, 0.05) is 18.4 Å². The van der Waals surface area contributed by atoms with Crippen LogP contribution in [-0.4, -0.2) is 11.5 Å². The third-order valence-corrected chi connectivity index (χ3v) is 3.36. The number of aromatic nitrogens is 1. The molecule has 0 aliphatic carbocycles. The molecule has 0 radical (unpaired) electrons. The average molecular weight is 232 g/mol. The van der Waals surface area contributed by atoms with Crippen LogP contribution in [-0.2, 0) is 6.42 Å². The summed E-state index contributed by atoms with van der Waals surface area (Å²) in [6.07, 6.45) is 4.82. The first-order chi connectivity index (χ1) is 7.86. The van der Waals surface area contributed by atoms with Crippen molar-refractivity contribution >= 4 is 11.3 Å². The Morgan fingerprint density at radius 1 is 1.44 bits per heavy atom. The predicted molar refractivity (Wildman–Crippen MR) is 68.7 cm³/mol. The van der Waals surface area contributed by atoms with Gasteiger partial charge < -0.3 is 5.32 Å². The fourth-order valence-electron chi connectivity index (χ4n) is 1.62. The molecule has 0 saturated carbocycles. The zero-order valence-electron chi connectivity index (χ0n) is 9.39. The van der Waals surface area contributed by atoms with Gasteiger partial charge in [0.1, 0.15) is 0 Å². The maximum absolute atomic E-state index is 4.13. The van der Waals surface area contributed by atoms with Crippen LogP contribution in [0.25, 0.3) is 0 Å². The summed E-state index contributed by atoms with van der Waals surface area (Å²) in [7, 11) is 0. The minimum Gasteiger partial charge on any atom is -0.310 e. The van der Waals surface area contributed by atoms with E-state index in [1.807, 2.05) is 18.5 Å². The number of thiophene rings is 1. The van der Waals surface area contributed by atoms with Gasteiger partial charge in [0.2, 0.25) is 0 Å². The second-order valence-electron chi connectivity index (χ2n) is 3.84. The van der Waals surface area contributed by atoms with E-state index in [0.29, 0.717) is 6.04 Å². The van der Waals surface area contributed by atoms with E-state index < -0.39 is 0 Å². The summed E-state index contributed by atoms with van der Waals surface area (Å²) in [5.74, 6) is 0. The Balaban J connectivity index is 1.78. The van der Waals surface area contributed by atoms with E-state index in [1.165, 1.54) is 11.1 Å². The zero-order chi connectivity index (χ0) is 11.2. The number of hydrogen-bond acceptors (Lipinski definition) is 3. The molecule has 0 aliphatic heterocycles. The van der Waals surface area contributed by atoms with E-state index in [2.05, 4.69) is 40.1 Å². The normalized spacial score (nSPS) is 12.6. The second-order valence-corrected chi connectivity index (χ2v) is 4.62. The van der Waals surface area contributed by atoms with Gasteiger partial charge in [-0.3, -0.25) is 4.98 Å². The van der Waals surface area contributed by atoms with Gasteiger partial charge in [-0.1, -0.05) is 6.07 Å². The SMILES string of the molecule is CC(NCCc1ccsc1)c1cccnc1. The molecule has 2 aromatic rings. The topological polar surface area (TPSA) is 24.9 Å². The van der Waals surface area contributed by atoms with Crippen molar-refractivity contribution in [2.45, 2.75) is 19.4 Å². The Morgan fingerprint density at radius 3 is 3.06 bits per heavy atom. The summed E-state index contributed by atoms with van der Waals surface area (Å²) >= 11 is 1.76. The summed E-state index contributed by atoms with van der Waals surface area (Å²) < 4.78 is 0. The van der Waals surface area contributed by atoms with E-state index in [-0.39, 0.29) is 0 Å². The molecule has 0 fully saturated rings. The molecule has 1 unspecified atom stereocenters. The second kappa shape index (κ2) is 5.77. The lowest BCUT2D eigenvalue weighted by Crippen LogP contribution is -2.21. The van der Waals surface area contributed by atoms with Gasteiger partial charge in [0.15, 0.2) is 0 Å². The molecule has 0 bridgehead atoms. The van der Waals surface area contributed by atoms with E-state index >= 15 is 0 Å². The molecule has 3 heteroatoms. The van der Waals surface area contributed by atoms with Gasteiger partial charge >= 0.3 is 0 Å². The fourth-order valence-corrected chi connectivity index (χ4v) is 2.32. The van der Waals surface area contributed by atoms with E-state index in [9.17, 15) is 0 Å². The Hall–Kier alpha value is -1.19. The summed E-state index contributed by atoms with van der Waals surface area (Å²) in [4.78, 5) is 4.13. The minimum atomic E-state index is 0.368. The van der Waals surface area contributed by atoms with Crippen LogP contribution in [0.15, 0.2) is 41.4 Å². The molecule has 2 aromatic heterocycles. The van der Waals surface area contributed by atoms with Crippen LogP contribution in [0.4, 0.5) is 0 Å². The molecule has 1 atom stereocenters. The third-order valence-electron chi connectivity index (χ3n) is 2.63. The quantitative estimate of drug-likeness (QED) is 0.857. The lowest BCUT2D eigenvalue weighted by atomic mass is 10.1. The highest BCUT2D eigenvalue weighted by atomic mass is 32.1. The van der Waals surface area contributed by atoms with Crippen molar-refractivity contribution in [2.75, 3.05) is 6.54 Å². The van der Waals surface area contributed by atoms with Crippen LogP contribution >= 0.6 is 11.3 Å². The lowest BCUT2D eigenvalue weighted by molar-refractivity contribution is 0.575. The summed E-state index contributed by atoms with van der Waals surface area (Å²) in [5.41, 5.74) is 2.66. The lowest BCUT2D eigenvalue weighted by Gasteiger charge is -2.13. The predicted octanol–water partition coefficient (Wildman–Crippen LogP) is 3.04. The van der Waals surface area contributed by atoms with Crippen molar-refractivity contribution in [1.29, 1.82) is 0 Å². The highest BCUT2D eigenvalue weighted by Gasteiger charge is 2.03. The van der Waals surface area contributed by atoms with Crippen LogP contribution in [0, 0.1) is 0 Å². The van der Waals surface area contributed by atoms with Crippen LogP contribution in [0.3, 0.4) is 0 Å². The first kappa shape index (κ1) is 11.3. The molecule has 16 heavy (non-hydrogen) atoms. The monoisotopic (exact) mass is 232 g/mol. The van der Waals surface area contributed by atoms with E-state index in [1.54, 1.807) is 11.3 Å². The highest BCUT2D eigenvalue weighted by Crippen LogP contribution is 2.10. The molecular formula is C13H16N2S. The Labute approximate surface area is 100 Å². The van der Waals surface area contributed by atoms with Gasteiger partial charge in [-0.05, 0) is 53.9 Å². The maximum Gasteiger partial charge on any atom is 0.0315 e. The number of pyridine rings is 1. The van der Waals surface area contributed by atoms with Gasteiger partial charge in [0.05, 0.1) is 0 Å². The smallest absolute Gasteiger partial charge is 0.0315 e. The van der Waals surface area contributed by atoms with Gasteiger partial charge in [-0.25, -0.2) is 0 Å². The molecule has 2 nitrogen and oxygen atoms in total. The maximum atomic E-state index is 4.13. The molecule has 0 spiro atoms. The summed E-state index contributed by atoms with van der Waals surface area (Å²) in [6.45, 7) is 3.18. The van der Waals surface area contributed by atoms with Crippen molar-refractivity contribution in [1.82, 2.24) is 10.3 Å². The molecule has 0 saturated heterocycles.